The smallest absolute Gasteiger partial charge is 0.364 e. The summed E-state index contributed by atoms with van der Waals surface area (Å²) < 4.78 is 12.7. The van der Waals surface area contributed by atoms with Crippen molar-refractivity contribution in [2.75, 3.05) is 20.6 Å². The summed E-state index contributed by atoms with van der Waals surface area (Å²) in [5.41, 5.74) is 2.42. The third-order valence-electron chi connectivity index (χ3n) is 6.58. The van der Waals surface area contributed by atoms with Gasteiger partial charge in [-0.25, -0.2) is 4.79 Å². The Balaban J connectivity index is 1.82. The molecule has 0 aliphatic rings. The number of benzene rings is 2. The van der Waals surface area contributed by atoms with E-state index >= 15 is 0 Å². The number of esters is 1. The van der Waals surface area contributed by atoms with Crippen molar-refractivity contribution in [3.05, 3.63) is 65.7 Å². The maximum absolute atomic E-state index is 12.8. The fourth-order valence-electron chi connectivity index (χ4n) is 4.64. The molecule has 1 unspecified atom stereocenters. The van der Waals surface area contributed by atoms with Gasteiger partial charge in [0.25, 0.3) is 0 Å². The van der Waals surface area contributed by atoms with E-state index in [9.17, 15) is 4.79 Å². The molecule has 0 aliphatic carbocycles. The third-order valence-corrected chi connectivity index (χ3v) is 6.58. The number of rotatable bonds is 19. The molecule has 0 heterocycles. The lowest BCUT2D eigenvalue weighted by Crippen LogP contribution is -2.44. The Morgan fingerprint density at radius 2 is 1.39 bits per heavy atom. The highest BCUT2D eigenvalue weighted by molar-refractivity contribution is 5.70. The van der Waals surface area contributed by atoms with E-state index in [0.29, 0.717) is 17.4 Å². The average molecular weight is 497 g/mol. The lowest BCUT2D eigenvalue weighted by Gasteiger charge is -2.29. The van der Waals surface area contributed by atoms with Crippen molar-refractivity contribution < 1.29 is 18.8 Å². The number of carbonyl (C=O) groups excluding carboxylic acids is 1. The van der Waals surface area contributed by atoms with E-state index < -0.39 is 6.29 Å². The Bertz CT molecular complexity index is 849. The van der Waals surface area contributed by atoms with Crippen molar-refractivity contribution in [1.29, 1.82) is 0 Å². The number of aryl methyl sites for hydroxylation is 1. The summed E-state index contributed by atoms with van der Waals surface area (Å²) in [4.78, 5) is 12.8. The standard InChI is InChI=1S/C32H50NO3/c1-5-7-8-9-10-11-12-13-17-23-29-24-18-19-25-30(29)35-32(20-6-2)36-31(34)27-33(3,4)26-28-21-15-14-16-22-28/h14-16,18-19,21-22,24-25,32H,5-13,17,20,23,26-27H2,1-4H3/q+1. The van der Waals surface area contributed by atoms with Crippen molar-refractivity contribution >= 4 is 5.97 Å². The quantitative estimate of drug-likeness (QED) is 0.0853. The van der Waals surface area contributed by atoms with Crippen LogP contribution in [0.25, 0.3) is 0 Å². The van der Waals surface area contributed by atoms with Crippen LogP contribution in [0.3, 0.4) is 0 Å². The molecule has 0 saturated carbocycles. The van der Waals surface area contributed by atoms with Gasteiger partial charge in [0.2, 0.25) is 6.29 Å². The van der Waals surface area contributed by atoms with Crippen LogP contribution in [-0.2, 0) is 22.5 Å². The van der Waals surface area contributed by atoms with Crippen molar-refractivity contribution in [3.8, 4) is 5.75 Å². The Morgan fingerprint density at radius 3 is 2.06 bits per heavy atom. The molecule has 0 fully saturated rings. The second-order valence-corrected chi connectivity index (χ2v) is 10.7. The molecule has 0 bridgehead atoms. The van der Waals surface area contributed by atoms with Gasteiger partial charge in [-0.2, -0.15) is 0 Å². The van der Waals surface area contributed by atoms with Crippen molar-refractivity contribution in [2.24, 2.45) is 0 Å². The summed E-state index contributed by atoms with van der Waals surface area (Å²) in [6.45, 7) is 5.44. The lowest BCUT2D eigenvalue weighted by molar-refractivity contribution is -0.896. The second-order valence-electron chi connectivity index (χ2n) is 10.7. The number of carbonyl (C=O) groups is 1. The Hall–Kier alpha value is -2.33. The number of ether oxygens (including phenoxy) is 2. The van der Waals surface area contributed by atoms with Gasteiger partial charge >= 0.3 is 5.97 Å². The van der Waals surface area contributed by atoms with Crippen LogP contribution in [0.15, 0.2) is 54.6 Å². The van der Waals surface area contributed by atoms with Gasteiger partial charge in [-0.3, -0.25) is 0 Å². The largest absolute Gasteiger partial charge is 0.454 e. The van der Waals surface area contributed by atoms with E-state index in [0.717, 1.165) is 25.1 Å². The highest BCUT2D eigenvalue weighted by Gasteiger charge is 2.25. The van der Waals surface area contributed by atoms with Crippen LogP contribution in [0.1, 0.15) is 95.6 Å². The Morgan fingerprint density at radius 1 is 0.778 bits per heavy atom. The molecule has 200 valence electrons. The number of nitrogens with zero attached hydrogens (tertiary/aromatic N) is 1. The molecule has 0 radical (unpaired) electrons. The molecule has 4 nitrogen and oxygen atoms in total. The SMILES string of the molecule is CCCCCCCCCCCc1ccccc1OC(CCC)OC(=O)C[N+](C)(C)Cc1ccccc1. The monoisotopic (exact) mass is 496 g/mol. The number of hydrogen-bond acceptors (Lipinski definition) is 3. The number of unbranched alkanes of at least 4 members (excludes halogenated alkanes) is 8. The second kappa shape index (κ2) is 17.2. The molecular weight excluding hydrogens is 446 g/mol. The maximum atomic E-state index is 12.8. The lowest BCUT2D eigenvalue weighted by atomic mass is 10.0. The Kier molecular flexibility index (Phi) is 14.3. The topological polar surface area (TPSA) is 35.5 Å². The van der Waals surface area contributed by atoms with Gasteiger partial charge in [0.1, 0.15) is 12.3 Å². The predicted molar refractivity (Wildman–Crippen MR) is 150 cm³/mol. The molecule has 36 heavy (non-hydrogen) atoms. The zero-order chi connectivity index (χ0) is 26.1. The number of para-hydroxylation sites is 1. The first-order valence-electron chi connectivity index (χ1n) is 14.2. The summed E-state index contributed by atoms with van der Waals surface area (Å²) in [6, 6.07) is 18.5. The van der Waals surface area contributed by atoms with Crippen LogP contribution in [0, 0.1) is 0 Å². The fraction of sp³-hybridized carbons (Fsp3) is 0.594. The van der Waals surface area contributed by atoms with Gasteiger partial charge in [-0.05, 0) is 30.9 Å². The van der Waals surface area contributed by atoms with Gasteiger partial charge in [0.05, 0.1) is 14.1 Å². The van der Waals surface area contributed by atoms with E-state index in [1.54, 1.807) is 0 Å². The molecule has 2 rings (SSSR count). The minimum absolute atomic E-state index is 0.217. The van der Waals surface area contributed by atoms with Crippen molar-refractivity contribution in [3.63, 3.8) is 0 Å². The summed E-state index contributed by atoms with van der Waals surface area (Å²) >= 11 is 0. The molecule has 1 atom stereocenters. The van der Waals surface area contributed by atoms with E-state index in [-0.39, 0.29) is 5.97 Å². The first-order chi connectivity index (χ1) is 17.4. The normalized spacial score (nSPS) is 12.3. The number of likely N-dealkylation sites (N-methyl/N-ethyl adjacent to an activating group) is 1. The summed E-state index contributed by atoms with van der Waals surface area (Å²) in [5, 5.41) is 0. The first-order valence-corrected chi connectivity index (χ1v) is 14.2. The molecule has 2 aromatic carbocycles. The van der Waals surface area contributed by atoms with Crippen molar-refractivity contribution in [1.82, 2.24) is 0 Å². The average Bonchev–Trinajstić information content (AvgIpc) is 2.84. The van der Waals surface area contributed by atoms with Gasteiger partial charge in [-0.1, -0.05) is 114 Å². The molecule has 0 spiro atoms. The fourth-order valence-corrected chi connectivity index (χ4v) is 4.64. The number of hydrogen-bond donors (Lipinski definition) is 0. The zero-order valence-corrected chi connectivity index (χ0v) is 23.3. The highest BCUT2D eigenvalue weighted by atomic mass is 16.7. The molecule has 4 heteroatoms. The number of quaternary nitrogens is 1. The first kappa shape index (κ1) is 29.9. The minimum Gasteiger partial charge on any atom is -0.454 e. The van der Waals surface area contributed by atoms with Crippen LogP contribution in [-0.4, -0.2) is 37.4 Å². The molecule has 0 aliphatic heterocycles. The van der Waals surface area contributed by atoms with Crippen LogP contribution in [0.2, 0.25) is 0 Å². The molecule has 0 aromatic heterocycles. The Labute approximate surface area is 220 Å². The zero-order valence-electron chi connectivity index (χ0n) is 23.3. The van der Waals surface area contributed by atoms with Crippen LogP contribution in [0.4, 0.5) is 0 Å². The van der Waals surface area contributed by atoms with Gasteiger partial charge < -0.3 is 14.0 Å². The summed E-state index contributed by atoms with van der Waals surface area (Å²) in [7, 11) is 4.12. The summed E-state index contributed by atoms with van der Waals surface area (Å²) in [5.74, 6) is 0.632. The van der Waals surface area contributed by atoms with Crippen molar-refractivity contribution in [2.45, 2.75) is 104 Å². The molecule has 0 amide bonds. The van der Waals surface area contributed by atoms with E-state index in [4.69, 9.17) is 9.47 Å². The van der Waals surface area contributed by atoms with E-state index in [1.165, 1.54) is 68.9 Å². The van der Waals surface area contributed by atoms with Crippen LogP contribution in [0.5, 0.6) is 5.75 Å². The molecular formula is C32H50NO3+. The van der Waals surface area contributed by atoms with Gasteiger partial charge in [0.15, 0.2) is 6.54 Å². The van der Waals surface area contributed by atoms with Crippen LogP contribution >= 0.6 is 0 Å². The highest BCUT2D eigenvalue weighted by Crippen LogP contribution is 2.24. The van der Waals surface area contributed by atoms with E-state index in [2.05, 4.69) is 52.2 Å². The summed E-state index contributed by atoms with van der Waals surface area (Å²) in [6.07, 6.45) is 13.9. The van der Waals surface area contributed by atoms with Gasteiger partial charge in [0, 0.05) is 12.0 Å². The van der Waals surface area contributed by atoms with Gasteiger partial charge in [-0.15, -0.1) is 0 Å². The van der Waals surface area contributed by atoms with E-state index in [1.807, 2.05) is 30.3 Å². The molecule has 0 saturated heterocycles. The third kappa shape index (κ3) is 12.6. The maximum Gasteiger partial charge on any atom is 0.364 e. The predicted octanol–water partition coefficient (Wildman–Crippen LogP) is 8.08. The minimum atomic E-state index is -0.552. The molecule has 2 aromatic rings. The van der Waals surface area contributed by atoms with Crippen LogP contribution < -0.4 is 4.74 Å². The molecule has 0 N–H and O–H groups in total.